The van der Waals surface area contributed by atoms with E-state index in [0.29, 0.717) is 5.69 Å². The Morgan fingerprint density at radius 3 is 2.76 bits per heavy atom. The Hall–Kier alpha value is -0.650. The van der Waals surface area contributed by atoms with E-state index in [-0.39, 0.29) is 11.7 Å². The van der Waals surface area contributed by atoms with Crippen molar-refractivity contribution in [1.82, 2.24) is 9.88 Å². The maximum Gasteiger partial charge on any atom is 0.196 e. The van der Waals surface area contributed by atoms with Crippen molar-refractivity contribution in [1.29, 1.82) is 0 Å². The molecule has 6 heteroatoms. The number of ketones is 1. The monoisotopic (exact) mass is 273 g/mol. The minimum atomic E-state index is -0.0960. The Labute approximate surface area is 110 Å². The van der Waals surface area contributed by atoms with Crippen LogP contribution in [-0.4, -0.2) is 54.3 Å². The van der Waals surface area contributed by atoms with Crippen molar-refractivity contribution in [2.75, 3.05) is 43.5 Å². The van der Waals surface area contributed by atoms with Crippen LogP contribution in [0.4, 0.5) is 5.13 Å². The van der Waals surface area contributed by atoms with Gasteiger partial charge in [-0.15, -0.1) is 22.9 Å². The van der Waals surface area contributed by atoms with Crippen LogP contribution < -0.4 is 4.90 Å². The maximum atomic E-state index is 11.4. The molecule has 0 aliphatic carbocycles. The number of aromatic nitrogens is 1. The van der Waals surface area contributed by atoms with Gasteiger partial charge in [0.15, 0.2) is 10.9 Å². The van der Waals surface area contributed by atoms with Crippen LogP contribution in [0.1, 0.15) is 17.4 Å². The largest absolute Gasteiger partial charge is 0.346 e. The van der Waals surface area contributed by atoms with E-state index in [0.717, 1.165) is 37.9 Å². The van der Waals surface area contributed by atoms with Gasteiger partial charge in [-0.3, -0.25) is 4.79 Å². The fraction of sp³-hybridized carbons (Fsp3) is 0.636. The summed E-state index contributed by atoms with van der Waals surface area (Å²) in [6.07, 6.45) is 0. The number of carbonyl (C=O) groups excluding carboxylic acids is 1. The average Bonchev–Trinajstić information content (AvgIpc) is 2.87. The highest BCUT2D eigenvalue weighted by molar-refractivity contribution is 7.14. The number of carbonyl (C=O) groups is 1. The number of hydrogen-bond acceptors (Lipinski definition) is 5. The van der Waals surface area contributed by atoms with Gasteiger partial charge in [0.1, 0.15) is 5.69 Å². The summed E-state index contributed by atoms with van der Waals surface area (Å²) in [6, 6.07) is 0. The average molecular weight is 274 g/mol. The van der Waals surface area contributed by atoms with E-state index < -0.39 is 0 Å². The SMILES string of the molecule is CCN1CCN(c2nc(C(=O)CCl)cs2)CC1. The first-order chi connectivity index (χ1) is 8.24. The zero-order valence-corrected chi connectivity index (χ0v) is 11.4. The van der Waals surface area contributed by atoms with E-state index in [1.807, 2.05) is 0 Å². The summed E-state index contributed by atoms with van der Waals surface area (Å²) in [5, 5.41) is 2.74. The number of Topliss-reactive ketones (excluding diaryl/α,β-unsaturated/α-hetero) is 1. The molecule has 0 amide bonds. The van der Waals surface area contributed by atoms with Crippen molar-refractivity contribution in [3.63, 3.8) is 0 Å². The predicted octanol–water partition coefficient (Wildman–Crippen LogP) is 1.71. The lowest BCUT2D eigenvalue weighted by atomic mass is 10.3. The quantitative estimate of drug-likeness (QED) is 0.618. The van der Waals surface area contributed by atoms with E-state index in [2.05, 4.69) is 21.7 Å². The molecule has 94 valence electrons. The van der Waals surface area contributed by atoms with E-state index in [1.54, 1.807) is 5.38 Å². The van der Waals surface area contributed by atoms with Gasteiger partial charge in [-0.25, -0.2) is 4.98 Å². The lowest BCUT2D eigenvalue weighted by Gasteiger charge is -2.33. The van der Waals surface area contributed by atoms with E-state index in [4.69, 9.17) is 11.6 Å². The van der Waals surface area contributed by atoms with Gasteiger partial charge in [0, 0.05) is 31.6 Å². The molecule has 1 aliphatic rings. The van der Waals surface area contributed by atoms with Crippen LogP contribution in [0, 0.1) is 0 Å². The van der Waals surface area contributed by atoms with E-state index in [9.17, 15) is 4.79 Å². The molecular formula is C11H16ClN3OS. The summed E-state index contributed by atoms with van der Waals surface area (Å²) in [4.78, 5) is 20.4. The Bertz CT molecular complexity index is 388. The molecule has 2 rings (SSSR count). The molecule has 0 unspecified atom stereocenters. The van der Waals surface area contributed by atoms with Gasteiger partial charge in [-0.05, 0) is 6.54 Å². The van der Waals surface area contributed by atoms with Crippen molar-refractivity contribution in [2.45, 2.75) is 6.92 Å². The van der Waals surface area contributed by atoms with Gasteiger partial charge < -0.3 is 9.80 Å². The number of piperazine rings is 1. The molecule has 2 heterocycles. The molecule has 0 spiro atoms. The lowest BCUT2D eigenvalue weighted by molar-refractivity contribution is 0.101. The standard InChI is InChI=1S/C11H16ClN3OS/c1-2-14-3-5-15(6-4-14)11-13-9(8-17-11)10(16)7-12/h8H,2-7H2,1H3. The van der Waals surface area contributed by atoms with Crippen LogP contribution in [-0.2, 0) is 0 Å². The van der Waals surface area contributed by atoms with Crippen molar-refractivity contribution < 1.29 is 4.79 Å². The number of likely N-dealkylation sites (N-methyl/N-ethyl adjacent to an activating group) is 1. The fourth-order valence-electron chi connectivity index (χ4n) is 1.86. The van der Waals surface area contributed by atoms with Crippen LogP contribution in [0.3, 0.4) is 0 Å². The summed E-state index contributed by atoms with van der Waals surface area (Å²) in [7, 11) is 0. The zero-order chi connectivity index (χ0) is 12.3. The molecule has 0 atom stereocenters. The van der Waals surface area contributed by atoms with Crippen molar-refractivity contribution in [3.8, 4) is 0 Å². The molecule has 1 saturated heterocycles. The summed E-state index contributed by atoms with van der Waals surface area (Å²) < 4.78 is 0. The van der Waals surface area contributed by atoms with E-state index >= 15 is 0 Å². The number of thiazole rings is 1. The highest BCUT2D eigenvalue weighted by Gasteiger charge is 2.19. The highest BCUT2D eigenvalue weighted by atomic mass is 35.5. The molecule has 0 aromatic carbocycles. The van der Waals surface area contributed by atoms with Gasteiger partial charge >= 0.3 is 0 Å². The Morgan fingerprint density at radius 2 is 2.18 bits per heavy atom. The third kappa shape index (κ3) is 2.97. The van der Waals surface area contributed by atoms with Crippen LogP contribution >= 0.6 is 22.9 Å². The third-order valence-electron chi connectivity index (χ3n) is 2.99. The van der Waals surface area contributed by atoms with Crippen molar-refractivity contribution >= 4 is 33.9 Å². The number of hydrogen-bond donors (Lipinski definition) is 0. The smallest absolute Gasteiger partial charge is 0.196 e. The molecule has 17 heavy (non-hydrogen) atoms. The number of alkyl halides is 1. The Kier molecular flexibility index (Phi) is 4.36. The van der Waals surface area contributed by atoms with Crippen LogP contribution in [0.5, 0.6) is 0 Å². The minimum absolute atomic E-state index is 0.00673. The summed E-state index contributed by atoms with van der Waals surface area (Å²) in [5.41, 5.74) is 0.498. The van der Waals surface area contributed by atoms with Crippen molar-refractivity contribution in [3.05, 3.63) is 11.1 Å². The minimum Gasteiger partial charge on any atom is -0.346 e. The molecule has 4 nitrogen and oxygen atoms in total. The molecule has 1 fully saturated rings. The zero-order valence-electron chi connectivity index (χ0n) is 9.86. The van der Waals surface area contributed by atoms with Crippen molar-refractivity contribution in [2.24, 2.45) is 0 Å². The third-order valence-corrected chi connectivity index (χ3v) is 4.13. The molecule has 0 saturated carbocycles. The second kappa shape index (κ2) is 5.80. The summed E-state index contributed by atoms with van der Waals surface area (Å²) in [5.74, 6) is -0.0892. The first-order valence-electron chi connectivity index (χ1n) is 5.76. The number of nitrogens with zero attached hydrogens (tertiary/aromatic N) is 3. The molecule has 1 aliphatic heterocycles. The van der Waals surface area contributed by atoms with Crippen LogP contribution in [0.15, 0.2) is 5.38 Å². The van der Waals surface area contributed by atoms with Gasteiger partial charge in [-0.1, -0.05) is 6.92 Å². The van der Waals surface area contributed by atoms with Crippen LogP contribution in [0.2, 0.25) is 0 Å². The van der Waals surface area contributed by atoms with Crippen LogP contribution in [0.25, 0.3) is 0 Å². The first kappa shape index (κ1) is 12.8. The molecule has 0 radical (unpaired) electrons. The van der Waals surface area contributed by atoms with Gasteiger partial charge in [0.2, 0.25) is 0 Å². The highest BCUT2D eigenvalue weighted by Crippen LogP contribution is 2.22. The number of rotatable bonds is 4. The second-order valence-electron chi connectivity index (χ2n) is 3.99. The topological polar surface area (TPSA) is 36.4 Å². The second-order valence-corrected chi connectivity index (χ2v) is 5.10. The Morgan fingerprint density at radius 1 is 1.47 bits per heavy atom. The normalized spacial score (nSPS) is 17.4. The first-order valence-corrected chi connectivity index (χ1v) is 7.18. The van der Waals surface area contributed by atoms with Gasteiger partial charge in [0.25, 0.3) is 0 Å². The lowest BCUT2D eigenvalue weighted by Crippen LogP contribution is -2.46. The molecule has 0 N–H and O–H groups in total. The number of halogens is 1. The molecule has 0 bridgehead atoms. The number of anilines is 1. The summed E-state index contributed by atoms with van der Waals surface area (Å²) >= 11 is 7.04. The fourth-order valence-corrected chi connectivity index (χ4v) is 2.88. The molecular weight excluding hydrogens is 258 g/mol. The van der Waals surface area contributed by atoms with Gasteiger partial charge in [-0.2, -0.15) is 0 Å². The predicted molar refractivity (Wildman–Crippen MR) is 71.5 cm³/mol. The Balaban J connectivity index is 1.99. The molecule has 1 aromatic rings. The molecule has 1 aromatic heterocycles. The maximum absolute atomic E-state index is 11.4. The van der Waals surface area contributed by atoms with E-state index in [1.165, 1.54) is 11.3 Å². The summed E-state index contributed by atoms with van der Waals surface area (Å²) in [6.45, 7) is 7.37. The van der Waals surface area contributed by atoms with Gasteiger partial charge in [0.05, 0.1) is 5.88 Å².